The summed E-state index contributed by atoms with van der Waals surface area (Å²) in [4.78, 5) is 30.5. The van der Waals surface area contributed by atoms with E-state index in [9.17, 15) is 9.59 Å². The van der Waals surface area contributed by atoms with Crippen LogP contribution in [0.25, 0.3) is 6.08 Å². The molecule has 5 nitrogen and oxygen atoms in total. The highest BCUT2D eigenvalue weighted by molar-refractivity contribution is 8.26. The number of benzene rings is 1. The molecular weight excluding hydrogens is 398 g/mol. The molecule has 2 amide bonds. The Bertz CT molecular complexity index is 877. The van der Waals surface area contributed by atoms with E-state index in [1.54, 1.807) is 22.6 Å². The number of rotatable bonds is 7. The van der Waals surface area contributed by atoms with Gasteiger partial charge >= 0.3 is 0 Å². The van der Waals surface area contributed by atoms with Gasteiger partial charge in [-0.25, -0.2) is 4.98 Å². The van der Waals surface area contributed by atoms with Gasteiger partial charge in [-0.05, 0) is 18.1 Å². The molecule has 27 heavy (non-hydrogen) atoms. The highest BCUT2D eigenvalue weighted by Crippen LogP contribution is 2.31. The largest absolute Gasteiger partial charge is 0.302 e. The fourth-order valence-corrected chi connectivity index (χ4v) is 4.19. The molecule has 0 bridgehead atoms. The average molecular weight is 416 g/mol. The molecule has 2 heterocycles. The van der Waals surface area contributed by atoms with Gasteiger partial charge in [0.15, 0.2) is 5.13 Å². The first-order valence-corrected chi connectivity index (χ1v) is 10.4. The normalized spacial score (nSPS) is 15.9. The van der Waals surface area contributed by atoms with Crippen molar-refractivity contribution in [2.24, 2.45) is 0 Å². The minimum Gasteiger partial charge on any atom is -0.302 e. The minimum absolute atomic E-state index is 0.108. The second-order valence-electron chi connectivity index (χ2n) is 5.61. The molecule has 1 aromatic carbocycles. The molecule has 0 radical (unpaired) electrons. The maximum atomic E-state index is 12.5. The Morgan fingerprint density at radius 2 is 2.11 bits per heavy atom. The van der Waals surface area contributed by atoms with Crippen molar-refractivity contribution >= 4 is 62.7 Å². The van der Waals surface area contributed by atoms with Crippen LogP contribution in [0.4, 0.5) is 5.13 Å². The van der Waals surface area contributed by atoms with Crippen LogP contribution in [-0.4, -0.2) is 32.6 Å². The van der Waals surface area contributed by atoms with Crippen molar-refractivity contribution < 1.29 is 9.59 Å². The van der Waals surface area contributed by atoms with Gasteiger partial charge in [-0.3, -0.25) is 14.5 Å². The van der Waals surface area contributed by atoms with Gasteiger partial charge in [-0.15, -0.1) is 11.3 Å². The minimum atomic E-state index is -0.114. The lowest BCUT2D eigenvalue weighted by Gasteiger charge is -2.13. The van der Waals surface area contributed by atoms with E-state index in [0.717, 1.165) is 5.56 Å². The number of nitrogens with one attached hydrogen (secondary N) is 1. The van der Waals surface area contributed by atoms with Crippen LogP contribution in [-0.2, 0) is 9.59 Å². The SMILES string of the molecule is O=C(CCCN1C(=O)/C(=C\C=C\c2ccccc2)SC1=S)Nc1nccs1. The molecule has 0 aliphatic carbocycles. The Kier molecular flexibility index (Phi) is 6.92. The van der Waals surface area contributed by atoms with E-state index in [4.69, 9.17) is 12.2 Å². The number of carbonyl (C=O) groups excluding carboxylic acids is 2. The van der Waals surface area contributed by atoms with E-state index in [0.29, 0.717) is 33.7 Å². The van der Waals surface area contributed by atoms with Crippen molar-refractivity contribution in [3.63, 3.8) is 0 Å². The predicted molar refractivity (Wildman–Crippen MR) is 115 cm³/mol. The number of anilines is 1. The quantitative estimate of drug-likeness (QED) is 0.539. The number of thioether (sulfide) groups is 1. The van der Waals surface area contributed by atoms with Crippen LogP contribution in [0.1, 0.15) is 18.4 Å². The van der Waals surface area contributed by atoms with Crippen molar-refractivity contribution in [2.45, 2.75) is 12.8 Å². The lowest BCUT2D eigenvalue weighted by molar-refractivity contribution is -0.122. The standard InChI is InChI=1S/C19H17N3O2S3/c23-16(21-18-20-11-13-26-18)10-5-12-22-17(24)15(27-19(22)25)9-4-8-14-6-2-1-3-7-14/h1-4,6-9,11,13H,5,10,12H2,(H,20,21,23)/b8-4+,15-9+. The first-order chi connectivity index (χ1) is 13.1. The highest BCUT2D eigenvalue weighted by Gasteiger charge is 2.31. The number of hydrogen-bond donors (Lipinski definition) is 1. The van der Waals surface area contributed by atoms with Crippen molar-refractivity contribution in [1.29, 1.82) is 0 Å². The van der Waals surface area contributed by atoms with E-state index in [1.807, 2.05) is 42.5 Å². The summed E-state index contributed by atoms with van der Waals surface area (Å²) in [6.07, 6.45) is 8.05. The third-order valence-corrected chi connectivity index (χ3v) is 5.76. The smallest absolute Gasteiger partial charge is 0.266 e. The molecule has 1 saturated heterocycles. The molecule has 3 rings (SSSR count). The van der Waals surface area contributed by atoms with Gasteiger partial charge in [0.25, 0.3) is 5.91 Å². The topological polar surface area (TPSA) is 62.3 Å². The molecular formula is C19H17N3O2S3. The van der Waals surface area contributed by atoms with E-state index >= 15 is 0 Å². The summed E-state index contributed by atoms with van der Waals surface area (Å²) in [5.41, 5.74) is 1.07. The number of carbonyl (C=O) groups is 2. The van der Waals surface area contributed by atoms with Crippen LogP contribution in [0.2, 0.25) is 0 Å². The Morgan fingerprint density at radius 3 is 2.85 bits per heavy atom. The van der Waals surface area contributed by atoms with Crippen LogP contribution in [0.5, 0.6) is 0 Å². The van der Waals surface area contributed by atoms with Crippen LogP contribution in [0, 0.1) is 0 Å². The van der Waals surface area contributed by atoms with Crippen molar-refractivity contribution in [1.82, 2.24) is 9.88 Å². The first kappa shape index (κ1) is 19.5. The molecule has 1 fully saturated rings. The fourth-order valence-electron chi connectivity index (χ4n) is 2.38. The average Bonchev–Trinajstić information content (AvgIpc) is 3.26. The second-order valence-corrected chi connectivity index (χ2v) is 8.18. The van der Waals surface area contributed by atoms with E-state index in [2.05, 4.69) is 10.3 Å². The zero-order valence-corrected chi connectivity index (χ0v) is 16.8. The van der Waals surface area contributed by atoms with E-state index in [1.165, 1.54) is 23.1 Å². The Balaban J connectivity index is 1.49. The third kappa shape index (κ3) is 5.59. The predicted octanol–water partition coefficient (Wildman–Crippen LogP) is 4.32. The van der Waals surface area contributed by atoms with Crippen LogP contribution >= 0.6 is 35.3 Å². The number of thiazole rings is 1. The zero-order chi connectivity index (χ0) is 19.1. The molecule has 1 N–H and O–H groups in total. The molecule has 0 unspecified atom stereocenters. The van der Waals surface area contributed by atoms with Gasteiger partial charge in [0, 0.05) is 24.5 Å². The summed E-state index contributed by atoms with van der Waals surface area (Å²) < 4.78 is 0.527. The van der Waals surface area contributed by atoms with Crippen molar-refractivity contribution in [3.05, 3.63) is 64.5 Å². The van der Waals surface area contributed by atoms with Crippen LogP contribution < -0.4 is 5.32 Å². The maximum absolute atomic E-state index is 12.5. The van der Waals surface area contributed by atoms with Crippen LogP contribution in [0.15, 0.2) is 59.0 Å². The summed E-state index contributed by atoms with van der Waals surface area (Å²) in [5.74, 6) is -0.222. The van der Waals surface area contributed by atoms with Gasteiger partial charge in [0.05, 0.1) is 4.91 Å². The Hall–Kier alpha value is -2.29. The lowest BCUT2D eigenvalue weighted by Crippen LogP contribution is -2.29. The monoisotopic (exact) mass is 415 g/mol. The summed E-state index contributed by atoms with van der Waals surface area (Å²) in [6, 6.07) is 9.87. The number of aromatic nitrogens is 1. The molecule has 1 aromatic heterocycles. The number of amides is 2. The Labute approximate surface area is 171 Å². The number of allylic oxidation sites excluding steroid dienone is 2. The molecule has 138 valence electrons. The van der Waals surface area contributed by atoms with Crippen molar-refractivity contribution in [2.75, 3.05) is 11.9 Å². The molecule has 1 aliphatic rings. The zero-order valence-electron chi connectivity index (χ0n) is 14.3. The fraction of sp³-hybridized carbons (Fsp3) is 0.158. The molecule has 2 aromatic rings. The van der Waals surface area contributed by atoms with E-state index < -0.39 is 0 Å². The summed E-state index contributed by atoms with van der Waals surface area (Å²) in [6.45, 7) is 0.426. The maximum Gasteiger partial charge on any atom is 0.266 e. The second kappa shape index (κ2) is 9.59. The summed E-state index contributed by atoms with van der Waals surface area (Å²) >= 11 is 7.96. The van der Waals surface area contributed by atoms with Gasteiger partial charge in [-0.2, -0.15) is 0 Å². The van der Waals surface area contributed by atoms with E-state index in [-0.39, 0.29) is 11.8 Å². The number of hydrogen-bond acceptors (Lipinski definition) is 6. The number of thiocarbonyl (C=S) groups is 1. The van der Waals surface area contributed by atoms with Crippen LogP contribution in [0.3, 0.4) is 0 Å². The third-order valence-electron chi connectivity index (χ3n) is 3.67. The summed E-state index contributed by atoms with van der Waals surface area (Å²) in [5, 5.41) is 5.11. The highest BCUT2D eigenvalue weighted by atomic mass is 32.2. The first-order valence-electron chi connectivity index (χ1n) is 8.30. The molecule has 0 saturated carbocycles. The number of nitrogens with zero attached hydrogens (tertiary/aromatic N) is 2. The lowest BCUT2D eigenvalue weighted by atomic mass is 10.2. The summed E-state index contributed by atoms with van der Waals surface area (Å²) in [7, 11) is 0. The van der Waals surface area contributed by atoms with Gasteiger partial charge in [-0.1, -0.05) is 66.5 Å². The van der Waals surface area contributed by atoms with Gasteiger partial charge in [0.1, 0.15) is 4.32 Å². The Morgan fingerprint density at radius 1 is 1.30 bits per heavy atom. The van der Waals surface area contributed by atoms with Crippen molar-refractivity contribution in [3.8, 4) is 0 Å². The van der Waals surface area contributed by atoms with Gasteiger partial charge in [0.2, 0.25) is 5.91 Å². The molecule has 1 aliphatic heterocycles. The molecule has 8 heteroatoms. The molecule has 0 spiro atoms. The molecule has 0 atom stereocenters. The van der Waals surface area contributed by atoms with Gasteiger partial charge < -0.3 is 5.32 Å².